The van der Waals surface area contributed by atoms with E-state index in [0.717, 1.165) is 25.3 Å². The van der Waals surface area contributed by atoms with E-state index < -0.39 is 0 Å². The van der Waals surface area contributed by atoms with E-state index in [-0.39, 0.29) is 5.91 Å². The summed E-state index contributed by atoms with van der Waals surface area (Å²) in [5.74, 6) is -0.106. The molecule has 1 fully saturated rings. The minimum atomic E-state index is -0.106. The van der Waals surface area contributed by atoms with Crippen molar-refractivity contribution in [1.82, 2.24) is 9.88 Å². The van der Waals surface area contributed by atoms with Crippen LogP contribution in [0.25, 0.3) is 0 Å². The standard InChI is InChI=1S/C16H17Cl2N3OS/c1-11(22)21(13-4-5-14(17)15(18)8-13)16-19-12(10-23-16)9-20-6-2-3-7-20/h4-5,8,10H,2-3,6-7,9H2,1H3. The lowest BCUT2D eigenvalue weighted by atomic mass is 10.3. The fourth-order valence-corrected chi connectivity index (χ4v) is 3.86. The molecule has 7 heteroatoms. The Bertz CT molecular complexity index is 713. The van der Waals surface area contributed by atoms with E-state index in [1.807, 2.05) is 5.38 Å². The Balaban J connectivity index is 1.84. The molecule has 1 aromatic heterocycles. The maximum absolute atomic E-state index is 12.1. The van der Waals surface area contributed by atoms with Crippen molar-refractivity contribution in [2.75, 3.05) is 18.0 Å². The van der Waals surface area contributed by atoms with Crippen molar-refractivity contribution in [3.05, 3.63) is 39.3 Å². The van der Waals surface area contributed by atoms with E-state index in [0.29, 0.717) is 20.9 Å². The molecular weight excluding hydrogens is 353 g/mol. The number of hydrogen-bond acceptors (Lipinski definition) is 4. The summed E-state index contributed by atoms with van der Waals surface area (Å²) in [6.45, 7) is 4.60. The van der Waals surface area contributed by atoms with Gasteiger partial charge in [-0.2, -0.15) is 0 Å². The van der Waals surface area contributed by atoms with Crippen LogP contribution in [0, 0.1) is 0 Å². The maximum atomic E-state index is 12.1. The van der Waals surface area contributed by atoms with Gasteiger partial charge in [-0.15, -0.1) is 11.3 Å². The molecule has 3 rings (SSSR count). The Kier molecular flexibility index (Phi) is 5.21. The number of carbonyl (C=O) groups excluding carboxylic acids is 1. The molecule has 122 valence electrons. The number of nitrogens with zero attached hydrogens (tertiary/aromatic N) is 3. The molecule has 4 nitrogen and oxygen atoms in total. The summed E-state index contributed by atoms with van der Waals surface area (Å²) in [4.78, 5) is 20.7. The van der Waals surface area contributed by atoms with Crippen molar-refractivity contribution in [1.29, 1.82) is 0 Å². The third-order valence-corrected chi connectivity index (χ3v) is 5.41. The number of thiazole rings is 1. The number of aromatic nitrogens is 1. The Morgan fingerprint density at radius 1 is 1.30 bits per heavy atom. The highest BCUT2D eigenvalue weighted by atomic mass is 35.5. The quantitative estimate of drug-likeness (QED) is 0.781. The van der Waals surface area contributed by atoms with E-state index >= 15 is 0 Å². The fourth-order valence-electron chi connectivity index (χ4n) is 2.69. The van der Waals surface area contributed by atoms with E-state index in [4.69, 9.17) is 23.2 Å². The molecule has 0 aliphatic carbocycles. The normalized spacial score (nSPS) is 15.1. The van der Waals surface area contributed by atoms with Crippen molar-refractivity contribution in [2.24, 2.45) is 0 Å². The van der Waals surface area contributed by atoms with Gasteiger partial charge in [0.25, 0.3) is 0 Å². The highest BCUT2D eigenvalue weighted by Gasteiger charge is 2.20. The van der Waals surface area contributed by atoms with Crippen LogP contribution in [0.1, 0.15) is 25.5 Å². The molecule has 23 heavy (non-hydrogen) atoms. The minimum absolute atomic E-state index is 0.106. The van der Waals surface area contributed by atoms with Gasteiger partial charge in [0, 0.05) is 18.8 Å². The van der Waals surface area contributed by atoms with Crippen LogP contribution in [0.4, 0.5) is 10.8 Å². The van der Waals surface area contributed by atoms with Crippen molar-refractivity contribution in [3.8, 4) is 0 Å². The number of rotatable bonds is 4. The average Bonchev–Trinajstić information content (AvgIpc) is 3.15. The van der Waals surface area contributed by atoms with E-state index in [9.17, 15) is 4.79 Å². The number of carbonyl (C=O) groups is 1. The van der Waals surface area contributed by atoms with E-state index in [1.165, 1.54) is 31.1 Å². The van der Waals surface area contributed by atoms with Gasteiger partial charge in [-0.1, -0.05) is 23.2 Å². The second-order valence-corrected chi connectivity index (χ2v) is 7.21. The predicted molar refractivity (Wildman–Crippen MR) is 95.9 cm³/mol. The smallest absolute Gasteiger partial charge is 0.230 e. The Labute approximate surface area is 149 Å². The Hall–Kier alpha value is -1.14. The lowest BCUT2D eigenvalue weighted by Gasteiger charge is -2.18. The molecule has 0 saturated carbocycles. The van der Waals surface area contributed by atoms with Gasteiger partial charge < -0.3 is 0 Å². The van der Waals surface area contributed by atoms with Crippen LogP contribution in [-0.2, 0) is 11.3 Å². The maximum Gasteiger partial charge on any atom is 0.230 e. The van der Waals surface area contributed by atoms with Crippen molar-refractivity contribution >= 4 is 51.3 Å². The molecule has 1 aromatic carbocycles. The summed E-state index contributed by atoms with van der Waals surface area (Å²) < 4.78 is 0. The van der Waals surface area contributed by atoms with Gasteiger partial charge in [0.15, 0.2) is 5.13 Å². The van der Waals surface area contributed by atoms with Gasteiger partial charge in [-0.3, -0.25) is 14.6 Å². The molecule has 1 saturated heterocycles. The van der Waals surface area contributed by atoms with Crippen LogP contribution in [0.5, 0.6) is 0 Å². The molecule has 2 heterocycles. The number of anilines is 2. The highest BCUT2D eigenvalue weighted by Crippen LogP contribution is 2.33. The van der Waals surface area contributed by atoms with Crippen LogP contribution in [0.3, 0.4) is 0 Å². The molecule has 0 atom stereocenters. The first kappa shape index (κ1) is 16.7. The highest BCUT2D eigenvalue weighted by molar-refractivity contribution is 7.14. The fraction of sp³-hybridized carbons (Fsp3) is 0.375. The lowest BCUT2D eigenvalue weighted by Crippen LogP contribution is -2.23. The average molecular weight is 370 g/mol. The largest absolute Gasteiger partial charge is 0.297 e. The molecule has 0 N–H and O–H groups in total. The zero-order valence-electron chi connectivity index (χ0n) is 12.8. The monoisotopic (exact) mass is 369 g/mol. The molecule has 1 amide bonds. The van der Waals surface area contributed by atoms with Crippen molar-refractivity contribution in [3.63, 3.8) is 0 Å². The SMILES string of the molecule is CC(=O)N(c1ccc(Cl)c(Cl)c1)c1nc(CN2CCCC2)cs1. The van der Waals surface area contributed by atoms with Crippen LogP contribution in [0.2, 0.25) is 10.0 Å². The van der Waals surface area contributed by atoms with Gasteiger partial charge in [0.05, 0.1) is 21.4 Å². The summed E-state index contributed by atoms with van der Waals surface area (Å²) in [6, 6.07) is 5.15. The van der Waals surface area contributed by atoms with Crippen molar-refractivity contribution in [2.45, 2.75) is 26.3 Å². The summed E-state index contributed by atoms with van der Waals surface area (Å²) >= 11 is 13.5. The Morgan fingerprint density at radius 3 is 2.70 bits per heavy atom. The number of amides is 1. The van der Waals surface area contributed by atoms with Gasteiger partial charge >= 0.3 is 0 Å². The summed E-state index contributed by atoms with van der Waals surface area (Å²) in [5, 5.41) is 3.56. The third kappa shape index (κ3) is 3.86. The number of halogens is 2. The molecule has 1 aliphatic rings. The zero-order valence-corrected chi connectivity index (χ0v) is 15.1. The van der Waals surface area contributed by atoms with Crippen LogP contribution >= 0.6 is 34.5 Å². The van der Waals surface area contributed by atoms with Gasteiger partial charge in [0.1, 0.15) is 0 Å². The first-order chi connectivity index (χ1) is 11.0. The molecule has 2 aromatic rings. The Morgan fingerprint density at radius 2 is 2.04 bits per heavy atom. The second kappa shape index (κ2) is 7.18. The van der Waals surface area contributed by atoms with Crippen LogP contribution in [0.15, 0.2) is 23.6 Å². The molecule has 0 bridgehead atoms. The minimum Gasteiger partial charge on any atom is -0.297 e. The molecule has 0 radical (unpaired) electrons. The molecular formula is C16H17Cl2N3OS. The number of hydrogen-bond donors (Lipinski definition) is 0. The first-order valence-corrected chi connectivity index (χ1v) is 9.10. The van der Waals surface area contributed by atoms with Gasteiger partial charge in [-0.25, -0.2) is 4.98 Å². The van der Waals surface area contributed by atoms with Gasteiger partial charge in [-0.05, 0) is 44.1 Å². The number of benzene rings is 1. The van der Waals surface area contributed by atoms with E-state index in [2.05, 4.69) is 9.88 Å². The summed E-state index contributed by atoms with van der Waals surface area (Å²) in [7, 11) is 0. The van der Waals surface area contributed by atoms with Gasteiger partial charge in [0.2, 0.25) is 5.91 Å². The summed E-state index contributed by atoms with van der Waals surface area (Å²) in [6.07, 6.45) is 2.50. The van der Waals surface area contributed by atoms with Crippen molar-refractivity contribution < 1.29 is 4.79 Å². The van der Waals surface area contributed by atoms with E-state index in [1.54, 1.807) is 23.1 Å². The molecule has 0 spiro atoms. The zero-order chi connectivity index (χ0) is 16.4. The molecule has 1 aliphatic heterocycles. The third-order valence-electron chi connectivity index (χ3n) is 3.79. The summed E-state index contributed by atoms with van der Waals surface area (Å²) in [5.41, 5.74) is 1.67. The second-order valence-electron chi connectivity index (χ2n) is 5.56. The number of likely N-dealkylation sites (tertiary alicyclic amines) is 1. The topological polar surface area (TPSA) is 36.4 Å². The molecule has 0 unspecified atom stereocenters. The first-order valence-electron chi connectivity index (χ1n) is 7.47. The lowest BCUT2D eigenvalue weighted by molar-refractivity contribution is -0.115. The van der Waals surface area contributed by atoms with Crippen LogP contribution < -0.4 is 4.90 Å². The van der Waals surface area contributed by atoms with Crippen LogP contribution in [-0.4, -0.2) is 28.9 Å². The predicted octanol–water partition coefficient (Wildman–Crippen LogP) is 4.73.